The number of hydrogen-bond donors (Lipinski definition) is 0. The van der Waals surface area contributed by atoms with Gasteiger partial charge in [0, 0.05) is 18.7 Å². The summed E-state index contributed by atoms with van der Waals surface area (Å²) >= 11 is 5.83. The Morgan fingerprint density at radius 2 is 2.15 bits per heavy atom. The van der Waals surface area contributed by atoms with Crippen molar-refractivity contribution in [2.75, 3.05) is 19.1 Å². The SMILES string of the molecule is C=CCC[C@@H]1CCCC(=O)[C@H]1C1(CCCCl)OCCO1. The molecule has 0 aromatic rings. The van der Waals surface area contributed by atoms with Crippen molar-refractivity contribution < 1.29 is 14.3 Å². The van der Waals surface area contributed by atoms with Crippen LogP contribution in [0, 0.1) is 11.8 Å². The lowest BCUT2D eigenvalue weighted by Crippen LogP contribution is -2.49. The molecule has 0 bridgehead atoms. The number of Topliss-reactive ketones (excluding diaryl/α,β-unsaturated/α-hetero) is 1. The Balaban J connectivity index is 2.16. The largest absolute Gasteiger partial charge is 0.347 e. The van der Waals surface area contributed by atoms with Crippen molar-refractivity contribution in [1.29, 1.82) is 0 Å². The van der Waals surface area contributed by atoms with Crippen LogP contribution in [0.4, 0.5) is 0 Å². The Bertz CT molecular complexity index is 337. The molecule has 1 heterocycles. The van der Waals surface area contributed by atoms with Crippen LogP contribution in [0.3, 0.4) is 0 Å². The Hall–Kier alpha value is -0.380. The summed E-state index contributed by atoms with van der Waals surface area (Å²) in [7, 11) is 0. The number of ketones is 1. The van der Waals surface area contributed by atoms with Gasteiger partial charge in [-0.05, 0) is 38.0 Å². The molecule has 1 aliphatic carbocycles. The molecule has 0 amide bonds. The van der Waals surface area contributed by atoms with Gasteiger partial charge >= 0.3 is 0 Å². The van der Waals surface area contributed by atoms with Crippen LogP contribution in [-0.2, 0) is 14.3 Å². The van der Waals surface area contributed by atoms with Gasteiger partial charge in [-0.3, -0.25) is 4.79 Å². The van der Waals surface area contributed by atoms with E-state index in [1.54, 1.807) is 0 Å². The molecule has 0 N–H and O–H groups in total. The van der Waals surface area contributed by atoms with Gasteiger partial charge < -0.3 is 9.47 Å². The number of hydrogen-bond acceptors (Lipinski definition) is 3. The summed E-state index contributed by atoms with van der Waals surface area (Å²) in [5, 5.41) is 0. The Morgan fingerprint density at radius 3 is 2.80 bits per heavy atom. The molecular formula is C16H25ClO3. The van der Waals surface area contributed by atoms with Gasteiger partial charge in [0.1, 0.15) is 5.78 Å². The molecule has 0 unspecified atom stereocenters. The molecule has 0 radical (unpaired) electrons. The van der Waals surface area contributed by atoms with Crippen molar-refractivity contribution in [2.24, 2.45) is 11.8 Å². The number of halogens is 1. The third kappa shape index (κ3) is 3.44. The fourth-order valence-electron chi connectivity index (χ4n) is 3.63. The number of carbonyl (C=O) groups excluding carboxylic acids is 1. The van der Waals surface area contributed by atoms with Crippen LogP contribution in [-0.4, -0.2) is 30.7 Å². The van der Waals surface area contributed by atoms with E-state index in [1.165, 1.54) is 0 Å². The summed E-state index contributed by atoms with van der Waals surface area (Å²) in [6, 6.07) is 0. The molecule has 1 saturated carbocycles. The number of alkyl halides is 1. The monoisotopic (exact) mass is 300 g/mol. The first kappa shape index (κ1) is 16.0. The van der Waals surface area contributed by atoms with E-state index in [1.807, 2.05) is 6.08 Å². The van der Waals surface area contributed by atoms with E-state index in [-0.39, 0.29) is 5.92 Å². The molecule has 1 saturated heterocycles. The predicted molar refractivity (Wildman–Crippen MR) is 79.9 cm³/mol. The van der Waals surface area contributed by atoms with Crippen LogP contribution in [0.5, 0.6) is 0 Å². The highest BCUT2D eigenvalue weighted by Gasteiger charge is 2.51. The van der Waals surface area contributed by atoms with Crippen molar-refractivity contribution in [3.63, 3.8) is 0 Å². The number of carbonyl (C=O) groups is 1. The molecule has 2 fully saturated rings. The minimum Gasteiger partial charge on any atom is -0.347 e. The zero-order valence-corrected chi connectivity index (χ0v) is 12.9. The molecule has 0 aromatic carbocycles. The lowest BCUT2D eigenvalue weighted by atomic mass is 9.70. The van der Waals surface area contributed by atoms with Crippen LogP contribution in [0.2, 0.25) is 0 Å². The van der Waals surface area contributed by atoms with E-state index in [0.717, 1.165) is 38.5 Å². The minimum absolute atomic E-state index is 0.123. The van der Waals surface area contributed by atoms with Gasteiger partial charge in [-0.1, -0.05) is 6.08 Å². The molecule has 114 valence electrons. The molecule has 3 nitrogen and oxygen atoms in total. The van der Waals surface area contributed by atoms with Gasteiger partial charge in [0.05, 0.1) is 19.1 Å². The molecular weight excluding hydrogens is 276 g/mol. The molecule has 1 aliphatic heterocycles. The Morgan fingerprint density at radius 1 is 1.40 bits per heavy atom. The summed E-state index contributed by atoms with van der Waals surface area (Å²) < 4.78 is 11.9. The van der Waals surface area contributed by atoms with Crippen LogP contribution >= 0.6 is 11.6 Å². The maximum absolute atomic E-state index is 12.5. The second kappa shape index (κ2) is 7.58. The van der Waals surface area contributed by atoms with Crippen LogP contribution < -0.4 is 0 Å². The van der Waals surface area contributed by atoms with Crippen molar-refractivity contribution >= 4 is 17.4 Å². The van der Waals surface area contributed by atoms with Gasteiger partial charge in [-0.15, -0.1) is 18.2 Å². The van der Waals surface area contributed by atoms with Gasteiger partial charge in [0.2, 0.25) is 0 Å². The number of allylic oxidation sites excluding steroid dienone is 1. The molecule has 4 heteroatoms. The van der Waals surface area contributed by atoms with Crippen LogP contribution in [0.15, 0.2) is 12.7 Å². The maximum Gasteiger partial charge on any atom is 0.178 e. The molecule has 2 rings (SSSR count). The van der Waals surface area contributed by atoms with Crippen LogP contribution in [0.1, 0.15) is 44.9 Å². The normalized spacial score (nSPS) is 29.6. The summed E-state index contributed by atoms with van der Waals surface area (Å²) in [6.07, 6.45) is 8.14. The molecule has 0 spiro atoms. The smallest absolute Gasteiger partial charge is 0.178 e. The van der Waals surface area contributed by atoms with E-state index < -0.39 is 5.79 Å². The number of ether oxygens (including phenoxy) is 2. The summed E-state index contributed by atoms with van der Waals surface area (Å²) in [6.45, 7) is 4.96. The second-order valence-electron chi connectivity index (χ2n) is 5.76. The lowest BCUT2D eigenvalue weighted by molar-refractivity contribution is -0.215. The highest BCUT2D eigenvalue weighted by atomic mass is 35.5. The van der Waals surface area contributed by atoms with Crippen molar-refractivity contribution in [3.05, 3.63) is 12.7 Å². The summed E-state index contributed by atoms with van der Waals surface area (Å²) in [5.41, 5.74) is 0. The zero-order chi connectivity index (χ0) is 14.4. The summed E-state index contributed by atoms with van der Waals surface area (Å²) in [5.74, 6) is 0.400. The van der Waals surface area contributed by atoms with Crippen molar-refractivity contribution in [3.8, 4) is 0 Å². The quantitative estimate of drug-likeness (QED) is 0.531. The average Bonchev–Trinajstić information content (AvgIpc) is 2.92. The molecule has 20 heavy (non-hydrogen) atoms. The second-order valence-corrected chi connectivity index (χ2v) is 6.14. The number of rotatable bonds is 7. The molecule has 2 atom stereocenters. The Kier molecular flexibility index (Phi) is 6.06. The third-order valence-electron chi connectivity index (χ3n) is 4.47. The Labute approximate surface area is 126 Å². The minimum atomic E-state index is -0.710. The van der Waals surface area contributed by atoms with E-state index in [9.17, 15) is 4.79 Å². The van der Waals surface area contributed by atoms with Gasteiger partial charge in [-0.2, -0.15) is 0 Å². The van der Waals surface area contributed by atoms with E-state index in [0.29, 0.717) is 37.2 Å². The summed E-state index contributed by atoms with van der Waals surface area (Å²) in [4.78, 5) is 12.5. The van der Waals surface area contributed by atoms with Gasteiger partial charge in [0.25, 0.3) is 0 Å². The van der Waals surface area contributed by atoms with E-state index in [2.05, 4.69) is 6.58 Å². The fourth-order valence-corrected chi connectivity index (χ4v) is 3.77. The van der Waals surface area contributed by atoms with Crippen molar-refractivity contribution in [2.45, 2.75) is 50.7 Å². The zero-order valence-electron chi connectivity index (χ0n) is 12.1. The lowest BCUT2D eigenvalue weighted by Gasteiger charge is -2.41. The standard InChI is InChI=1S/C16H25ClO3/c1-2-3-6-13-7-4-8-14(18)15(13)16(9-5-10-17)19-11-12-20-16/h2,13,15H,1,3-12H2/t13-,15+/m1/s1. The van der Waals surface area contributed by atoms with Gasteiger partial charge in [0.15, 0.2) is 5.79 Å². The van der Waals surface area contributed by atoms with E-state index in [4.69, 9.17) is 21.1 Å². The van der Waals surface area contributed by atoms with Crippen molar-refractivity contribution in [1.82, 2.24) is 0 Å². The predicted octanol–water partition coefficient (Wildman–Crippen LogP) is 3.70. The average molecular weight is 301 g/mol. The van der Waals surface area contributed by atoms with Gasteiger partial charge in [-0.25, -0.2) is 0 Å². The first-order valence-electron chi connectivity index (χ1n) is 7.71. The first-order valence-corrected chi connectivity index (χ1v) is 8.24. The third-order valence-corrected chi connectivity index (χ3v) is 4.73. The first-order chi connectivity index (χ1) is 9.73. The molecule has 0 aromatic heterocycles. The highest BCUT2D eigenvalue weighted by molar-refractivity contribution is 6.17. The maximum atomic E-state index is 12.5. The highest BCUT2D eigenvalue weighted by Crippen LogP contribution is 2.44. The topological polar surface area (TPSA) is 35.5 Å². The fraction of sp³-hybridized carbons (Fsp3) is 0.812. The van der Waals surface area contributed by atoms with E-state index >= 15 is 0 Å². The van der Waals surface area contributed by atoms with Crippen LogP contribution in [0.25, 0.3) is 0 Å². The molecule has 2 aliphatic rings.